The summed E-state index contributed by atoms with van der Waals surface area (Å²) in [5, 5.41) is 23.6. The van der Waals surface area contributed by atoms with Crippen LogP contribution in [0.3, 0.4) is 0 Å². The van der Waals surface area contributed by atoms with Crippen LogP contribution in [0.25, 0.3) is 11.1 Å². The number of fused-ring (bicyclic) bond motifs is 1. The highest BCUT2D eigenvalue weighted by Gasteiger charge is 2.55. The normalized spacial score (nSPS) is 24.0. The zero-order valence-corrected chi connectivity index (χ0v) is 64.6. The van der Waals surface area contributed by atoms with E-state index in [1.165, 1.54) is 0 Å². The molecule has 5 aromatic heterocycles. The minimum atomic E-state index is -1.14. The highest BCUT2D eigenvalue weighted by Crippen LogP contribution is 2.38. The number of nitrogens with two attached hydrogens (primary N) is 1. The summed E-state index contributed by atoms with van der Waals surface area (Å²) in [5.41, 5.74) is 7.31. The monoisotopic (exact) mass is 1790 g/mol. The van der Waals surface area contributed by atoms with Gasteiger partial charge in [0.2, 0.25) is 23.6 Å². The fourth-order valence-electron chi connectivity index (χ4n) is 12.4. The van der Waals surface area contributed by atoms with Crippen LogP contribution in [0.2, 0.25) is 0 Å². The van der Waals surface area contributed by atoms with Crippen LogP contribution >= 0.6 is 79.6 Å². The minimum absolute atomic E-state index is 0.0616. The Balaban J connectivity index is 0.000000140. The number of halogens is 9. The van der Waals surface area contributed by atoms with Crippen molar-refractivity contribution < 1.29 is 70.1 Å². The van der Waals surface area contributed by atoms with Gasteiger partial charge < -0.3 is 56.1 Å². The highest BCUT2D eigenvalue weighted by atomic mass is 79.9. The molecule has 37 heteroatoms. The van der Waals surface area contributed by atoms with Crippen molar-refractivity contribution in [2.24, 2.45) is 10.7 Å². The van der Waals surface area contributed by atoms with Gasteiger partial charge in [0, 0.05) is 80.7 Å². The van der Waals surface area contributed by atoms with Crippen molar-refractivity contribution in [2.75, 3.05) is 106 Å². The molecule has 0 bridgehead atoms. The molecule has 8 fully saturated rings. The lowest BCUT2D eigenvalue weighted by atomic mass is 9.95. The Hall–Kier alpha value is -7.45. The van der Waals surface area contributed by atoms with E-state index in [1.807, 2.05) is 30.0 Å². The molecule has 9 aliphatic heterocycles. The number of likely N-dealkylation sites (tertiary alicyclic amines) is 3. The van der Waals surface area contributed by atoms with Crippen molar-refractivity contribution in [2.45, 2.75) is 105 Å². The van der Waals surface area contributed by atoms with Crippen LogP contribution in [0.5, 0.6) is 0 Å². The smallest absolute Gasteiger partial charge is 0.267 e. The number of aromatic nitrogens is 6. The second-order valence-corrected chi connectivity index (χ2v) is 29.6. The number of pyridine rings is 4. The third kappa shape index (κ3) is 20.7. The topological polar surface area (TPSA) is 366 Å². The van der Waals surface area contributed by atoms with Crippen molar-refractivity contribution in [1.82, 2.24) is 49.9 Å². The SMILES string of the molecule is Cc1ncc(-c2ccc3c(c2)C(C(N)=O)=NC3)cn1.N#CC1(N2C[C@H](F)C[C@H]2C(=O)Nc2cccc(Br)n2)COC1.O=C(Nc1cccc(Br)n1)[C@@H]1C[C@@H](F)CN1.O=C(Nc1cccc(Br)n1)[C@@H]1C[C@@H](F)CN1C1(CBr)COC1.O=C1COC1.O=CC1(N2C[C@H](F)C[C@H]2C(=O)Nc2cccc(Br)n2)COC1. The molecule has 7 N–H and O–H groups in total. The average Bonchev–Trinajstić information content (AvgIpc) is 1.40. The van der Waals surface area contributed by atoms with E-state index in [-0.39, 0.29) is 113 Å². The molecule has 0 saturated carbocycles. The number of amides is 5. The quantitative estimate of drug-likeness (QED) is 0.0254. The van der Waals surface area contributed by atoms with Gasteiger partial charge in [-0.3, -0.25) is 48.5 Å². The number of alkyl halides is 5. The van der Waals surface area contributed by atoms with Crippen molar-refractivity contribution in [3.05, 3.63) is 139 Å². The van der Waals surface area contributed by atoms with E-state index < -0.39 is 65.8 Å². The number of rotatable bonds is 15. The zero-order valence-electron chi connectivity index (χ0n) is 56.6. The Morgan fingerprint density at radius 3 is 1.42 bits per heavy atom. The molecule has 106 heavy (non-hydrogen) atoms. The first-order valence-electron chi connectivity index (χ1n) is 33.2. The first-order valence-corrected chi connectivity index (χ1v) is 37.5. The molecule has 14 heterocycles. The zero-order chi connectivity index (χ0) is 75.9. The predicted molar refractivity (Wildman–Crippen MR) is 397 cm³/mol. The van der Waals surface area contributed by atoms with Crippen molar-refractivity contribution in [1.29, 1.82) is 5.26 Å². The second-order valence-electron chi connectivity index (χ2n) is 25.8. The van der Waals surface area contributed by atoms with Gasteiger partial charge in [0.25, 0.3) is 5.91 Å². The minimum Gasteiger partial charge on any atom is -0.377 e. The third-order valence-corrected chi connectivity index (χ3v) is 20.9. The first-order chi connectivity index (χ1) is 50.8. The lowest BCUT2D eigenvalue weighted by Crippen LogP contribution is -2.66. The maximum Gasteiger partial charge on any atom is 0.267 e. The molecule has 5 amide bonds. The number of Topliss-reactive ketones (excluding diaryl/α,β-unsaturated/α-hetero) is 1. The summed E-state index contributed by atoms with van der Waals surface area (Å²) in [4.78, 5) is 116. The maximum absolute atomic E-state index is 13.9. The van der Waals surface area contributed by atoms with E-state index in [0.29, 0.717) is 85.7 Å². The molecule has 0 unspecified atom stereocenters. The Morgan fingerprint density at radius 2 is 1.06 bits per heavy atom. The van der Waals surface area contributed by atoms with E-state index in [1.54, 1.807) is 95.0 Å². The van der Waals surface area contributed by atoms with E-state index >= 15 is 0 Å². The summed E-state index contributed by atoms with van der Waals surface area (Å²) in [6.45, 7) is 5.51. The fraction of sp³-hybridized carbons (Fsp3) is 0.435. The Morgan fingerprint density at radius 1 is 0.613 bits per heavy atom. The first kappa shape index (κ1) is 81.1. The second kappa shape index (κ2) is 37.1. The van der Waals surface area contributed by atoms with Crippen LogP contribution < -0.4 is 32.3 Å². The lowest BCUT2D eigenvalue weighted by Gasteiger charge is -2.48. The number of anilines is 4. The summed E-state index contributed by atoms with van der Waals surface area (Å²) in [6.07, 6.45) is 0.647. The number of primary amides is 1. The van der Waals surface area contributed by atoms with Crippen LogP contribution in [0.4, 0.5) is 40.8 Å². The van der Waals surface area contributed by atoms with Gasteiger partial charge >= 0.3 is 0 Å². The van der Waals surface area contributed by atoms with Gasteiger partial charge in [-0.25, -0.2) is 47.5 Å². The Bertz CT molecular complexity index is 4230. The van der Waals surface area contributed by atoms with Gasteiger partial charge in [0.15, 0.2) is 11.3 Å². The molecule has 15 rings (SSSR count). The largest absolute Gasteiger partial charge is 0.377 e. The van der Waals surface area contributed by atoms with Gasteiger partial charge in [-0.2, -0.15) is 5.26 Å². The van der Waals surface area contributed by atoms with E-state index in [0.717, 1.165) is 34.4 Å². The number of aldehydes is 1. The molecule has 562 valence electrons. The summed E-state index contributed by atoms with van der Waals surface area (Å²) in [7, 11) is 0. The summed E-state index contributed by atoms with van der Waals surface area (Å²) in [5.74, 6) is 0.951. The number of hydrogen-bond donors (Lipinski definition) is 6. The van der Waals surface area contributed by atoms with Crippen LogP contribution in [0.1, 0.15) is 42.6 Å². The van der Waals surface area contributed by atoms with Crippen LogP contribution in [0, 0.1) is 18.3 Å². The van der Waals surface area contributed by atoms with Crippen molar-refractivity contribution in [3.8, 4) is 17.2 Å². The number of benzene rings is 1. The Labute approximate surface area is 647 Å². The number of nitrogens with zero attached hydrogens (tertiary/aromatic N) is 11. The fourth-order valence-corrected chi connectivity index (χ4v) is 14.4. The van der Waals surface area contributed by atoms with Crippen LogP contribution in [0.15, 0.2) is 127 Å². The number of hydrogen-bond acceptors (Lipinski definition) is 23. The molecule has 6 aromatic rings. The van der Waals surface area contributed by atoms with Gasteiger partial charge in [-0.1, -0.05) is 52.3 Å². The van der Waals surface area contributed by atoms with E-state index in [9.17, 15) is 56.4 Å². The van der Waals surface area contributed by atoms with E-state index in [4.69, 9.17) is 19.9 Å². The molecule has 0 aliphatic carbocycles. The van der Waals surface area contributed by atoms with Crippen molar-refractivity contribution >= 4 is 150 Å². The third-order valence-electron chi connectivity index (χ3n) is 18.1. The predicted octanol–water partition coefficient (Wildman–Crippen LogP) is 7.32. The molecule has 0 radical (unpaired) electrons. The number of nitriles is 1. The Kier molecular flexibility index (Phi) is 28.4. The summed E-state index contributed by atoms with van der Waals surface area (Å²) >= 11 is 16.4. The molecular weight excluding hydrogens is 1720 g/mol. The molecule has 8 atom stereocenters. The number of carbonyl (C=O) groups is 7. The van der Waals surface area contributed by atoms with Gasteiger partial charge in [-0.15, -0.1) is 0 Å². The number of ether oxygens (including phenoxy) is 4. The number of aryl methyl sites for hydroxylation is 1. The summed E-state index contributed by atoms with van der Waals surface area (Å²) < 4.78 is 76.9. The van der Waals surface area contributed by atoms with Crippen LogP contribution in [-0.2, 0) is 59.1 Å². The number of nitrogens with one attached hydrogen (secondary N) is 5. The molecule has 9 aliphatic rings. The number of aliphatic imine (C=N–C) groups is 1. The van der Waals surface area contributed by atoms with Gasteiger partial charge in [0.1, 0.15) is 103 Å². The molecular formula is C69H72Br5F4N17O11. The average molecular weight is 1790 g/mol. The molecule has 8 saturated heterocycles. The molecule has 0 spiro atoms. The van der Waals surface area contributed by atoms with Gasteiger partial charge in [0.05, 0.1) is 82.0 Å². The number of ketones is 1. The van der Waals surface area contributed by atoms with Crippen LogP contribution in [-0.4, -0.2) is 242 Å². The standard InChI is InChI=1S/C14H16Br2FN3O2.C14H14BrFN4O2.C14H15BrFN3O3.C14H12N4O.C10H11BrFN3O.C3H4O2/c15-6-14(7-22-8-14)20-5-9(17)4-10(20)13(21)19-12-3-1-2-11(16)18-12;15-11-2-1-3-12(18-11)19-13(21)10-4-9(16)5-20(10)14(6-17)7-22-8-14;15-11-2-1-3-12(17-11)18-13(21)10-4-9(16)5-19(10)14(6-20)7-22-8-14;1-8-16-6-11(7-17-8)9-2-3-10-5-18-13(14(15)19)12(10)4-9;11-8-2-1-3-9(14-8)15-10(16)7-4-6(12)5-13-7;4-3-1-5-2-3/h1-3,9-10H,4-8H2,(H,18,19,21);1-3,9-10H,4-5,7-8H2,(H,18,19,21);1-3,6,9-10H,4-5,7-8H2,(H,17,18,21);2-4,6-7H,5H2,1H3,(H2,15,19);1-3,6-7,13H,4-5H2,(H,14,15,16);1-2H2/t3*9-,10+;;6-,7+;/m111.1./s1. The molecule has 1 aromatic carbocycles. The maximum atomic E-state index is 13.9. The highest BCUT2D eigenvalue weighted by molar-refractivity contribution is 9.11. The van der Waals surface area contributed by atoms with Crippen molar-refractivity contribution in [3.63, 3.8) is 0 Å². The lowest BCUT2D eigenvalue weighted by molar-refractivity contribution is -0.161. The van der Waals surface area contributed by atoms with E-state index in [2.05, 4.69) is 152 Å². The van der Waals surface area contributed by atoms with Gasteiger partial charge in [-0.05, 0) is 136 Å². The number of carbonyl (C=O) groups excluding carboxylic acids is 7. The molecule has 28 nitrogen and oxygen atoms in total. The summed E-state index contributed by atoms with van der Waals surface area (Å²) in [6, 6.07) is 26.4.